The van der Waals surface area contributed by atoms with E-state index in [-0.39, 0.29) is 35.8 Å². The molecule has 0 saturated heterocycles. The monoisotopic (exact) mass is 510 g/mol. The summed E-state index contributed by atoms with van der Waals surface area (Å²) in [5, 5.41) is 15.6. The number of hydrogen-bond donors (Lipinski definition) is 2. The Bertz CT molecular complexity index is 949. The van der Waals surface area contributed by atoms with Crippen LogP contribution in [0.3, 0.4) is 0 Å². The molecule has 0 saturated carbocycles. The lowest BCUT2D eigenvalue weighted by Crippen LogP contribution is -2.47. The van der Waals surface area contributed by atoms with Crippen molar-refractivity contribution < 1.29 is 4.39 Å². The third-order valence-electron chi connectivity index (χ3n) is 4.78. The molecule has 10 heteroatoms. The van der Waals surface area contributed by atoms with Crippen molar-refractivity contribution in [1.29, 1.82) is 0 Å². The highest BCUT2D eigenvalue weighted by Crippen LogP contribution is 2.11. The van der Waals surface area contributed by atoms with E-state index in [0.29, 0.717) is 6.54 Å². The summed E-state index contributed by atoms with van der Waals surface area (Å²) in [6.07, 6.45) is 6.16. The van der Waals surface area contributed by atoms with Crippen molar-refractivity contribution in [3.05, 3.63) is 60.2 Å². The first-order valence-electron chi connectivity index (χ1n) is 9.35. The summed E-state index contributed by atoms with van der Waals surface area (Å²) >= 11 is 0. The summed E-state index contributed by atoms with van der Waals surface area (Å²) in [7, 11) is 1.77. The van der Waals surface area contributed by atoms with E-state index < -0.39 is 0 Å². The second-order valence-electron chi connectivity index (χ2n) is 6.72. The van der Waals surface area contributed by atoms with Gasteiger partial charge in [0, 0.05) is 38.7 Å². The van der Waals surface area contributed by atoms with Crippen LogP contribution in [0.15, 0.2) is 47.8 Å². The highest BCUT2D eigenvalue weighted by atomic mass is 127. The average molecular weight is 510 g/mol. The van der Waals surface area contributed by atoms with E-state index in [1.165, 1.54) is 12.1 Å². The SMILES string of the molecule is CN=C(NCCc1ccn(-c2ccc(F)cc2)n1)NC1CCc2ncnn2C1.I. The fourth-order valence-corrected chi connectivity index (χ4v) is 3.28. The number of aryl methyl sites for hydroxylation is 1. The summed E-state index contributed by atoms with van der Waals surface area (Å²) in [5.74, 6) is 1.56. The lowest BCUT2D eigenvalue weighted by atomic mass is 10.1. The lowest BCUT2D eigenvalue weighted by molar-refractivity contribution is 0.393. The van der Waals surface area contributed by atoms with Gasteiger partial charge in [-0.25, -0.2) is 18.7 Å². The topological polar surface area (TPSA) is 84.9 Å². The van der Waals surface area contributed by atoms with Crippen LogP contribution in [-0.4, -0.2) is 50.1 Å². The van der Waals surface area contributed by atoms with Crippen LogP contribution < -0.4 is 10.6 Å². The Kier molecular flexibility index (Phi) is 7.18. The van der Waals surface area contributed by atoms with E-state index in [0.717, 1.165) is 49.0 Å². The molecule has 3 heterocycles. The van der Waals surface area contributed by atoms with Crippen LogP contribution >= 0.6 is 24.0 Å². The number of nitrogens with zero attached hydrogens (tertiary/aromatic N) is 6. The molecule has 0 spiro atoms. The standard InChI is InChI=1S/C19H23FN8.HI/c1-21-19(25-16-4-7-18-23-13-24-28(18)12-16)22-10-8-15-9-11-27(26-15)17-5-2-14(20)3-6-17;/h2-3,5-6,9,11,13,16H,4,7-8,10,12H2,1H3,(H2,21,22,25);1H. The van der Waals surface area contributed by atoms with E-state index in [9.17, 15) is 4.39 Å². The number of aromatic nitrogens is 5. The van der Waals surface area contributed by atoms with Crippen molar-refractivity contribution in [2.24, 2.45) is 4.99 Å². The van der Waals surface area contributed by atoms with Gasteiger partial charge in [-0.15, -0.1) is 24.0 Å². The zero-order valence-corrected chi connectivity index (χ0v) is 18.5. The summed E-state index contributed by atoms with van der Waals surface area (Å²) < 4.78 is 16.7. The summed E-state index contributed by atoms with van der Waals surface area (Å²) in [5.41, 5.74) is 1.79. The maximum atomic E-state index is 13.0. The van der Waals surface area contributed by atoms with Crippen LogP contribution in [0.4, 0.5) is 4.39 Å². The predicted molar refractivity (Wildman–Crippen MR) is 119 cm³/mol. The predicted octanol–water partition coefficient (Wildman–Crippen LogP) is 1.94. The Labute approximate surface area is 185 Å². The van der Waals surface area contributed by atoms with E-state index in [1.54, 1.807) is 30.2 Å². The number of hydrogen-bond acceptors (Lipinski definition) is 4. The average Bonchev–Trinajstić information content (AvgIpc) is 3.37. The fourth-order valence-electron chi connectivity index (χ4n) is 3.28. The minimum atomic E-state index is -0.253. The molecule has 0 fully saturated rings. The van der Waals surface area contributed by atoms with Gasteiger partial charge < -0.3 is 10.6 Å². The summed E-state index contributed by atoms with van der Waals surface area (Å²) in [6, 6.07) is 8.53. The summed E-state index contributed by atoms with van der Waals surface area (Å²) in [6.45, 7) is 1.50. The molecular formula is C19H24FIN8. The second kappa shape index (κ2) is 9.81. The van der Waals surface area contributed by atoms with Crippen molar-refractivity contribution >= 4 is 29.9 Å². The van der Waals surface area contributed by atoms with Crippen LogP contribution in [-0.2, 0) is 19.4 Å². The Morgan fingerprint density at radius 2 is 2.10 bits per heavy atom. The van der Waals surface area contributed by atoms with Crippen LogP contribution in [0, 0.1) is 5.82 Å². The smallest absolute Gasteiger partial charge is 0.191 e. The largest absolute Gasteiger partial charge is 0.356 e. The van der Waals surface area contributed by atoms with E-state index in [4.69, 9.17) is 0 Å². The zero-order chi connectivity index (χ0) is 19.3. The van der Waals surface area contributed by atoms with Gasteiger partial charge >= 0.3 is 0 Å². The van der Waals surface area contributed by atoms with Crippen LogP contribution in [0.1, 0.15) is 17.9 Å². The highest BCUT2D eigenvalue weighted by molar-refractivity contribution is 14.0. The van der Waals surface area contributed by atoms with E-state index in [1.807, 2.05) is 16.9 Å². The van der Waals surface area contributed by atoms with E-state index in [2.05, 4.69) is 30.8 Å². The molecule has 3 aromatic rings. The molecule has 4 rings (SSSR count). The molecule has 0 radical (unpaired) electrons. The van der Waals surface area contributed by atoms with E-state index >= 15 is 0 Å². The molecular weight excluding hydrogens is 486 g/mol. The van der Waals surface area contributed by atoms with Crippen molar-refractivity contribution in [2.45, 2.75) is 31.8 Å². The lowest BCUT2D eigenvalue weighted by Gasteiger charge is -2.25. The summed E-state index contributed by atoms with van der Waals surface area (Å²) in [4.78, 5) is 8.56. The number of aliphatic imine (C=N–C) groups is 1. The molecule has 1 aliphatic rings. The fraction of sp³-hybridized carbons (Fsp3) is 0.368. The molecule has 0 amide bonds. The molecule has 1 atom stereocenters. The van der Waals surface area contributed by atoms with Crippen molar-refractivity contribution in [2.75, 3.05) is 13.6 Å². The first-order chi connectivity index (χ1) is 13.7. The number of guanidine groups is 1. The maximum Gasteiger partial charge on any atom is 0.191 e. The Balaban J connectivity index is 0.00000240. The third kappa shape index (κ3) is 5.31. The van der Waals surface area contributed by atoms with Crippen molar-refractivity contribution in [3.63, 3.8) is 0 Å². The van der Waals surface area contributed by atoms with Crippen molar-refractivity contribution in [3.8, 4) is 5.69 Å². The number of nitrogens with one attached hydrogen (secondary N) is 2. The number of halogens is 2. The molecule has 2 aromatic heterocycles. The van der Waals surface area contributed by atoms with Gasteiger partial charge in [0.2, 0.25) is 0 Å². The molecule has 1 aromatic carbocycles. The molecule has 0 aliphatic carbocycles. The van der Waals surface area contributed by atoms with Crippen molar-refractivity contribution in [1.82, 2.24) is 35.2 Å². The van der Waals surface area contributed by atoms with Gasteiger partial charge in [-0.1, -0.05) is 0 Å². The van der Waals surface area contributed by atoms with Gasteiger partial charge in [-0.05, 0) is 36.8 Å². The van der Waals surface area contributed by atoms with Crippen LogP contribution in [0.2, 0.25) is 0 Å². The Hall–Kier alpha value is -2.50. The molecule has 8 nitrogen and oxygen atoms in total. The minimum Gasteiger partial charge on any atom is -0.356 e. The second-order valence-corrected chi connectivity index (χ2v) is 6.72. The van der Waals surface area contributed by atoms with Gasteiger partial charge in [0.05, 0.1) is 17.9 Å². The quantitative estimate of drug-likeness (QED) is 0.312. The number of benzene rings is 1. The number of fused-ring (bicyclic) bond motifs is 1. The molecule has 1 aliphatic heterocycles. The van der Waals surface area contributed by atoms with Crippen LogP contribution in [0.5, 0.6) is 0 Å². The molecule has 0 bridgehead atoms. The van der Waals surface area contributed by atoms with Crippen LogP contribution in [0.25, 0.3) is 5.69 Å². The molecule has 29 heavy (non-hydrogen) atoms. The van der Waals surface area contributed by atoms with Gasteiger partial charge in [0.15, 0.2) is 5.96 Å². The molecule has 1 unspecified atom stereocenters. The Morgan fingerprint density at radius 1 is 1.28 bits per heavy atom. The van der Waals surface area contributed by atoms with Gasteiger partial charge in [-0.2, -0.15) is 10.2 Å². The van der Waals surface area contributed by atoms with Gasteiger partial charge in [-0.3, -0.25) is 4.99 Å². The first kappa shape index (κ1) is 21.2. The Morgan fingerprint density at radius 3 is 2.90 bits per heavy atom. The maximum absolute atomic E-state index is 13.0. The molecule has 2 N–H and O–H groups in total. The number of rotatable bonds is 5. The van der Waals surface area contributed by atoms with Gasteiger partial charge in [0.25, 0.3) is 0 Å². The van der Waals surface area contributed by atoms with Gasteiger partial charge in [0.1, 0.15) is 18.0 Å². The third-order valence-corrected chi connectivity index (χ3v) is 4.78. The zero-order valence-electron chi connectivity index (χ0n) is 16.1. The highest BCUT2D eigenvalue weighted by Gasteiger charge is 2.20. The normalized spacial score (nSPS) is 16.1. The molecule has 154 valence electrons. The minimum absolute atomic E-state index is 0. The first-order valence-corrected chi connectivity index (χ1v) is 9.35.